The van der Waals surface area contributed by atoms with Crippen LogP contribution in [0, 0.1) is 12.7 Å². The highest BCUT2D eigenvalue weighted by Gasteiger charge is 2.16. The predicted octanol–water partition coefficient (Wildman–Crippen LogP) is 3.29. The van der Waals surface area contributed by atoms with Crippen molar-refractivity contribution < 1.29 is 23.7 Å². The van der Waals surface area contributed by atoms with Crippen LogP contribution in [0.3, 0.4) is 0 Å². The molecule has 2 heterocycles. The van der Waals surface area contributed by atoms with Gasteiger partial charge in [0, 0.05) is 24.7 Å². The third-order valence-electron chi connectivity index (χ3n) is 4.90. The molecule has 164 valence electrons. The van der Waals surface area contributed by atoms with E-state index in [1.165, 1.54) is 12.1 Å². The first-order valence-electron chi connectivity index (χ1n) is 9.87. The molecule has 4 rings (SSSR count). The van der Waals surface area contributed by atoms with Crippen molar-refractivity contribution in [2.75, 3.05) is 19.9 Å². The fourth-order valence-corrected chi connectivity index (χ4v) is 3.54. The minimum Gasteiger partial charge on any atom is -0.491 e. The number of ether oxygens (including phenoxy) is 3. The van der Waals surface area contributed by atoms with Gasteiger partial charge in [0.2, 0.25) is 6.79 Å². The molecule has 1 aliphatic rings. The molecule has 9 heteroatoms. The minimum atomic E-state index is -0.709. The summed E-state index contributed by atoms with van der Waals surface area (Å²) in [6.07, 6.45) is -0.709. The molecule has 0 saturated carbocycles. The molecule has 0 radical (unpaired) electrons. The Kier molecular flexibility index (Phi) is 6.60. The number of aliphatic hydroxyl groups excluding tert-OH is 1. The first-order valence-corrected chi connectivity index (χ1v) is 10.2. The van der Waals surface area contributed by atoms with Gasteiger partial charge in [0.05, 0.1) is 12.2 Å². The van der Waals surface area contributed by atoms with Crippen molar-refractivity contribution in [3.8, 4) is 17.2 Å². The van der Waals surface area contributed by atoms with E-state index in [2.05, 4.69) is 10.4 Å². The van der Waals surface area contributed by atoms with Crippen LogP contribution in [0.25, 0.3) is 0 Å². The van der Waals surface area contributed by atoms with E-state index >= 15 is 0 Å². The average molecular weight is 448 g/mol. The van der Waals surface area contributed by atoms with E-state index in [1.807, 2.05) is 6.92 Å². The Morgan fingerprint density at radius 1 is 1.23 bits per heavy atom. The normalized spacial score (nSPS) is 13.4. The van der Waals surface area contributed by atoms with E-state index in [0.717, 1.165) is 16.8 Å². The Bertz CT molecular complexity index is 1040. The number of benzene rings is 2. The molecule has 0 bridgehead atoms. The van der Waals surface area contributed by atoms with Crippen LogP contribution in [0.4, 0.5) is 4.39 Å². The van der Waals surface area contributed by atoms with Crippen LogP contribution in [0.2, 0.25) is 5.15 Å². The number of aryl methyl sites for hydroxylation is 1. The maximum atomic E-state index is 13.1. The van der Waals surface area contributed by atoms with E-state index in [9.17, 15) is 9.50 Å². The van der Waals surface area contributed by atoms with Crippen LogP contribution in [0.1, 0.15) is 16.8 Å². The summed E-state index contributed by atoms with van der Waals surface area (Å²) >= 11 is 6.49. The largest absolute Gasteiger partial charge is 0.491 e. The number of aliphatic hydroxyl groups is 1. The summed E-state index contributed by atoms with van der Waals surface area (Å²) < 4.78 is 31.0. The Hall–Kier alpha value is -2.81. The van der Waals surface area contributed by atoms with E-state index in [1.54, 1.807) is 35.0 Å². The molecule has 0 aliphatic carbocycles. The van der Waals surface area contributed by atoms with Crippen molar-refractivity contribution in [1.82, 2.24) is 15.1 Å². The molecule has 3 aromatic rings. The van der Waals surface area contributed by atoms with Gasteiger partial charge in [0.1, 0.15) is 29.4 Å². The van der Waals surface area contributed by atoms with Gasteiger partial charge in [0.25, 0.3) is 0 Å². The monoisotopic (exact) mass is 447 g/mol. The molecule has 1 aliphatic heterocycles. The van der Waals surface area contributed by atoms with Gasteiger partial charge in [-0.15, -0.1) is 0 Å². The number of hydrogen-bond acceptors (Lipinski definition) is 6. The van der Waals surface area contributed by atoms with E-state index in [4.69, 9.17) is 25.8 Å². The molecule has 0 amide bonds. The van der Waals surface area contributed by atoms with Gasteiger partial charge in [-0.3, -0.25) is 0 Å². The van der Waals surface area contributed by atoms with Crippen LogP contribution < -0.4 is 19.5 Å². The van der Waals surface area contributed by atoms with Crippen molar-refractivity contribution in [3.05, 3.63) is 70.3 Å². The van der Waals surface area contributed by atoms with Gasteiger partial charge in [-0.2, -0.15) is 5.10 Å². The van der Waals surface area contributed by atoms with Crippen LogP contribution >= 0.6 is 11.6 Å². The Morgan fingerprint density at radius 3 is 2.81 bits per heavy atom. The molecule has 0 saturated heterocycles. The number of rotatable bonds is 9. The predicted molar refractivity (Wildman–Crippen MR) is 113 cm³/mol. The van der Waals surface area contributed by atoms with Crippen molar-refractivity contribution >= 4 is 11.6 Å². The second-order valence-corrected chi connectivity index (χ2v) is 7.61. The smallest absolute Gasteiger partial charge is 0.231 e. The Balaban J connectivity index is 1.26. The van der Waals surface area contributed by atoms with Crippen molar-refractivity contribution in [2.45, 2.75) is 26.1 Å². The number of aromatic nitrogens is 2. The molecular formula is C22H23ClFN3O4. The Morgan fingerprint density at radius 2 is 2.00 bits per heavy atom. The molecule has 1 atom stereocenters. The first kappa shape index (κ1) is 21.4. The number of nitrogens with one attached hydrogen (secondary N) is 1. The molecule has 0 fully saturated rings. The third-order valence-corrected chi connectivity index (χ3v) is 5.32. The van der Waals surface area contributed by atoms with E-state index < -0.39 is 6.10 Å². The van der Waals surface area contributed by atoms with Crippen molar-refractivity contribution in [2.24, 2.45) is 0 Å². The molecule has 31 heavy (non-hydrogen) atoms. The standard InChI is InChI=1S/C22H23ClFN3O4/c1-14-19(22(23)27(26-14)11-15-2-4-16(24)5-3-15)10-25-9-17(28)12-29-18-6-7-20-21(8-18)31-13-30-20/h2-8,17,25,28H,9-13H2,1H3. The quantitative estimate of drug-likeness (QED) is 0.524. The molecule has 0 spiro atoms. The third kappa shape index (κ3) is 5.28. The number of nitrogens with zero attached hydrogens (tertiary/aromatic N) is 2. The van der Waals surface area contributed by atoms with Gasteiger partial charge >= 0.3 is 0 Å². The van der Waals surface area contributed by atoms with Crippen LogP contribution in [-0.4, -0.2) is 40.9 Å². The lowest BCUT2D eigenvalue weighted by Crippen LogP contribution is -2.31. The van der Waals surface area contributed by atoms with Crippen molar-refractivity contribution in [1.29, 1.82) is 0 Å². The summed E-state index contributed by atoms with van der Waals surface area (Å²) in [5, 5.41) is 18.4. The molecule has 1 unspecified atom stereocenters. The zero-order chi connectivity index (χ0) is 21.8. The summed E-state index contributed by atoms with van der Waals surface area (Å²) in [4.78, 5) is 0. The molecular weight excluding hydrogens is 425 g/mol. The summed E-state index contributed by atoms with van der Waals surface area (Å²) in [5.41, 5.74) is 2.56. The second kappa shape index (κ2) is 9.55. The van der Waals surface area contributed by atoms with Crippen LogP contribution in [0.5, 0.6) is 17.2 Å². The number of fused-ring (bicyclic) bond motifs is 1. The molecule has 2 N–H and O–H groups in total. The average Bonchev–Trinajstić information content (AvgIpc) is 3.33. The van der Waals surface area contributed by atoms with Gasteiger partial charge < -0.3 is 24.6 Å². The SMILES string of the molecule is Cc1nn(Cc2ccc(F)cc2)c(Cl)c1CNCC(O)COc1ccc2c(c1)OCO2. The maximum absolute atomic E-state index is 13.1. The fraction of sp³-hybridized carbons (Fsp3) is 0.318. The zero-order valence-electron chi connectivity index (χ0n) is 17.0. The Labute approximate surface area is 184 Å². The van der Waals surface area contributed by atoms with Gasteiger partial charge in [0.15, 0.2) is 11.5 Å². The number of halogens is 2. The summed E-state index contributed by atoms with van der Waals surface area (Å²) in [6.45, 7) is 3.44. The fourth-order valence-electron chi connectivity index (χ4n) is 3.24. The molecule has 2 aromatic carbocycles. The lowest BCUT2D eigenvalue weighted by Gasteiger charge is -2.13. The summed E-state index contributed by atoms with van der Waals surface area (Å²) in [7, 11) is 0. The highest BCUT2D eigenvalue weighted by molar-refractivity contribution is 6.30. The van der Waals surface area contributed by atoms with Gasteiger partial charge in [-0.1, -0.05) is 23.7 Å². The van der Waals surface area contributed by atoms with Gasteiger partial charge in [-0.05, 0) is 36.8 Å². The lowest BCUT2D eigenvalue weighted by atomic mass is 10.2. The van der Waals surface area contributed by atoms with E-state index in [-0.39, 0.29) is 19.2 Å². The minimum absolute atomic E-state index is 0.128. The highest BCUT2D eigenvalue weighted by atomic mass is 35.5. The first-order chi connectivity index (χ1) is 15.0. The molecule has 7 nitrogen and oxygen atoms in total. The molecule has 1 aromatic heterocycles. The van der Waals surface area contributed by atoms with Crippen LogP contribution in [0.15, 0.2) is 42.5 Å². The zero-order valence-corrected chi connectivity index (χ0v) is 17.7. The van der Waals surface area contributed by atoms with Gasteiger partial charge in [-0.25, -0.2) is 9.07 Å². The number of hydrogen-bond donors (Lipinski definition) is 2. The summed E-state index contributed by atoms with van der Waals surface area (Å²) in [6, 6.07) is 11.5. The second-order valence-electron chi connectivity index (χ2n) is 7.25. The highest BCUT2D eigenvalue weighted by Crippen LogP contribution is 2.35. The lowest BCUT2D eigenvalue weighted by molar-refractivity contribution is 0.106. The topological polar surface area (TPSA) is 77.8 Å². The van der Waals surface area contributed by atoms with Crippen molar-refractivity contribution in [3.63, 3.8) is 0 Å². The van der Waals surface area contributed by atoms with Crippen LogP contribution in [-0.2, 0) is 13.1 Å². The maximum Gasteiger partial charge on any atom is 0.231 e. The van der Waals surface area contributed by atoms with E-state index in [0.29, 0.717) is 42.0 Å². The summed E-state index contributed by atoms with van der Waals surface area (Å²) in [5.74, 6) is 1.64.